The van der Waals surface area contributed by atoms with Crippen molar-refractivity contribution in [2.75, 3.05) is 24.5 Å². The fraction of sp³-hybridized carbons (Fsp3) is 0.706. The van der Waals surface area contributed by atoms with Crippen molar-refractivity contribution in [1.82, 2.24) is 19.5 Å². The Morgan fingerprint density at radius 2 is 2.00 bits per heavy atom. The van der Waals surface area contributed by atoms with Crippen LogP contribution in [0, 0.1) is 12.8 Å². The fourth-order valence-electron chi connectivity index (χ4n) is 4.30. The molecule has 1 atom stereocenters. The van der Waals surface area contributed by atoms with Gasteiger partial charge in [-0.2, -0.15) is 0 Å². The lowest BCUT2D eigenvalue weighted by Gasteiger charge is -2.39. The number of rotatable bonds is 2. The first kappa shape index (κ1) is 16.6. The van der Waals surface area contributed by atoms with E-state index in [4.69, 9.17) is 5.73 Å². The maximum atomic E-state index is 11.9. The summed E-state index contributed by atoms with van der Waals surface area (Å²) in [4.78, 5) is 21.6. The van der Waals surface area contributed by atoms with Crippen molar-refractivity contribution in [3.63, 3.8) is 0 Å². The van der Waals surface area contributed by atoms with Gasteiger partial charge in [-0.25, -0.2) is 14.3 Å². The lowest BCUT2D eigenvalue weighted by molar-refractivity contribution is 0.143. The number of nitrogens with two attached hydrogens (primary N) is 1. The number of amides is 2. The minimum Gasteiger partial charge on any atom is -0.351 e. The molecule has 136 valence electrons. The molecule has 8 heteroatoms. The van der Waals surface area contributed by atoms with Crippen LogP contribution in [0.4, 0.5) is 9.93 Å². The van der Waals surface area contributed by atoms with Gasteiger partial charge in [0, 0.05) is 25.7 Å². The Morgan fingerprint density at radius 3 is 2.72 bits per heavy atom. The number of likely N-dealkylation sites (tertiary alicyclic amines) is 1. The van der Waals surface area contributed by atoms with Crippen molar-refractivity contribution in [2.45, 2.75) is 51.5 Å². The van der Waals surface area contributed by atoms with Gasteiger partial charge in [0.1, 0.15) is 0 Å². The van der Waals surface area contributed by atoms with Crippen molar-refractivity contribution < 1.29 is 4.79 Å². The number of anilines is 1. The first-order chi connectivity index (χ1) is 12.1. The Kier molecular flexibility index (Phi) is 4.54. The highest BCUT2D eigenvalue weighted by atomic mass is 32.1. The minimum atomic E-state index is -0.245. The van der Waals surface area contributed by atoms with Crippen LogP contribution in [0.5, 0.6) is 0 Å². The maximum Gasteiger partial charge on any atom is 0.315 e. The Morgan fingerprint density at radius 1 is 1.20 bits per heavy atom. The Labute approximate surface area is 151 Å². The monoisotopic (exact) mass is 362 g/mol. The normalized spacial score (nSPS) is 23.2. The summed E-state index contributed by atoms with van der Waals surface area (Å²) in [7, 11) is 0. The number of aromatic nitrogens is 3. The summed E-state index contributed by atoms with van der Waals surface area (Å²) in [5.74, 6) is 0.549. The molecule has 7 nitrogen and oxygen atoms in total. The number of imidazole rings is 1. The van der Waals surface area contributed by atoms with Crippen LogP contribution in [0.25, 0.3) is 4.96 Å². The third kappa shape index (κ3) is 3.31. The van der Waals surface area contributed by atoms with Crippen molar-refractivity contribution in [2.24, 2.45) is 11.7 Å². The molecule has 2 saturated heterocycles. The number of aryl methyl sites for hydroxylation is 1. The van der Waals surface area contributed by atoms with Crippen LogP contribution < -0.4 is 10.6 Å². The molecule has 0 bridgehead atoms. The van der Waals surface area contributed by atoms with Gasteiger partial charge in [0.05, 0.1) is 11.9 Å². The molecule has 4 heterocycles. The van der Waals surface area contributed by atoms with Gasteiger partial charge >= 0.3 is 6.03 Å². The highest BCUT2D eigenvalue weighted by Gasteiger charge is 2.33. The van der Waals surface area contributed by atoms with Crippen molar-refractivity contribution >= 4 is 27.5 Å². The second-order valence-electron chi connectivity index (χ2n) is 7.27. The molecule has 2 aliphatic heterocycles. The quantitative estimate of drug-likeness (QED) is 0.891. The van der Waals surface area contributed by atoms with Gasteiger partial charge in [-0.15, -0.1) is 5.10 Å². The van der Waals surface area contributed by atoms with Crippen molar-refractivity contribution in [1.29, 1.82) is 0 Å². The molecule has 2 aromatic rings. The lowest BCUT2D eigenvalue weighted by Crippen LogP contribution is -2.49. The summed E-state index contributed by atoms with van der Waals surface area (Å²) in [5, 5.41) is 5.72. The number of urea groups is 1. The number of nitrogens with zero attached hydrogens (tertiary/aromatic N) is 5. The van der Waals surface area contributed by atoms with Crippen LogP contribution in [-0.2, 0) is 0 Å². The highest BCUT2D eigenvalue weighted by molar-refractivity contribution is 7.20. The summed E-state index contributed by atoms with van der Waals surface area (Å²) in [6.07, 6.45) is 8.74. The summed E-state index contributed by atoms with van der Waals surface area (Å²) in [5.41, 5.74) is 6.66. The molecule has 0 aliphatic carbocycles. The Hall–Kier alpha value is -1.83. The standard InChI is InChI=1S/C17H26N6OS/c1-12-11-23-16(19-12)25-17(20-23)21-9-6-13(7-10-21)14-5-3-2-4-8-22(14)15(18)24/h11,13-14H,2-10H2,1H3,(H2,18,24)/t14-/m0/s1. The molecular formula is C17H26N6OS. The molecule has 2 amide bonds. The van der Waals surface area contributed by atoms with Gasteiger partial charge < -0.3 is 15.5 Å². The second-order valence-corrected chi connectivity index (χ2v) is 8.20. The summed E-state index contributed by atoms with van der Waals surface area (Å²) < 4.78 is 1.88. The van der Waals surface area contributed by atoms with E-state index in [1.54, 1.807) is 11.3 Å². The van der Waals surface area contributed by atoms with Crippen LogP contribution in [0.2, 0.25) is 0 Å². The van der Waals surface area contributed by atoms with E-state index < -0.39 is 0 Å². The molecule has 0 aromatic carbocycles. The molecule has 2 fully saturated rings. The lowest BCUT2D eigenvalue weighted by atomic mass is 9.86. The third-order valence-electron chi connectivity index (χ3n) is 5.59. The van der Waals surface area contributed by atoms with E-state index in [0.717, 1.165) is 61.1 Å². The zero-order valence-electron chi connectivity index (χ0n) is 14.7. The summed E-state index contributed by atoms with van der Waals surface area (Å²) in [6, 6.07) is 0.0734. The van der Waals surface area contributed by atoms with Crippen LogP contribution in [0.1, 0.15) is 44.2 Å². The largest absolute Gasteiger partial charge is 0.351 e. The van der Waals surface area contributed by atoms with Gasteiger partial charge in [-0.05, 0) is 38.5 Å². The molecule has 2 N–H and O–H groups in total. The minimum absolute atomic E-state index is 0.245. The first-order valence-electron chi connectivity index (χ1n) is 9.25. The summed E-state index contributed by atoms with van der Waals surface area (Å²) >= 11 is 1.65. The SMILES string of the molecule is Cc1cn2nc(N3CCC([C@@H]4CCCCCN4C(N)=O)CC3)sc2n1. The van der Waals surface area contributed by atoms with Crippen molar-refractivity contribution in [3.8, 4) is 0 Å². The number of hydrogen-bond donors (Lipinski definition) is 1. The Bertz CT molecular complexity index is 716. The van der Waals surface area contributed by atoms with Crippen LogP contribution in [-0.4, -0.2) is 51.2 Å². The second kappa shape index (κ2) is 6.82. The number of carbonyl (C=O) groups excluding carboxylic acids is 1. The molecular weight excluding hydrogens is 336 g/mol. The highest BCUT2D eigenvalue weighted by Crippen LogP contribution is 2.33. The van der Waals surface area contributed by atoms with E-state index in [0.29, 0.717) is 12.0 Å². The molecule has 2 aromatic heterocycles. The molecule has 0 spiro atoms. The number of fused-ring (bicyclic) bond motifs is 1. The smallest absolute Gasteiger partial charge is 0.315 e. The molecule has 0 saturated carbocycles. The predicted molar refractivity (Wildman–Crippen MR) is 99.1 cm³/mol. The van der Waals surface area contributed by atoms with E-state index in [1.165, 1.54) is 12.8 Å². The number of hydrogen-bond acceptors (Lipinski definition) is 5. The molecule has 0 unspecified atom stereocenters. The zero-order chi connectivity index (χ0) is 17.4. The predicted octanol–water partition coefficient (Wildman–Crippen LogP) is 2.64. The number of primary amides is 1. The van der Waals surface area contributed by atoms with E-state index in [9.17, 15) is 4.79 Å². The maximum absolute atomic E-state index is 11.9. The summed E-state index contributed by atoms with van der Waals surface area (Å²) in [6.45, 7) is 4.79. The third-order valence-corrected chi connectivity index (χ3v) is 6.57. The Balaban J connectivity index is 1.42. The van der Waals surface area contributed by atoms with Crippen LogP contribution in [0.3, 0.4) is 0 Å². The van der Waals surface area contributed by atoms with Gasteiger partial charge in [0.2, 0.25) is 10.1 Å². The fourth-order valence-corrected chi connectivity index (χ4v) is 5.28. The van der Waals surface area contributed by atoms with Crippen molar-refractivity contribution in [3.05, 3.63) is 11.9 Å². The van der Waals surface area contributed by atoms with E-state index in [1.807, 2.05) is 22.5 Å². The van der Waals surface area contributed by atoms with Gasteiger partial charge in [-0.1, -0.05) is 24.2 Å². The topological polar surface area (TPSA) is 79.8 Å². The van der Waals surface area contributed by atoms with Gasteiger partial charge in [-0.3, -0.25) is 0 Å². The first-order valence-corrected chi connectivity index (χ1v) is 10.1. The van der Waals surface area contributed by atoms with Crippen LogP contribution in [0.15, 0.2) is 6.20 Å². The average molecular weight is 363 g/mol. The van der Waals surface area contributed by atoms with E-state index >= 15 is 0 Å². The van der Waals surface area contributed by atoms with Crippen LogP contribution >= 0.6 is 11.3 Å². The van der Waals surface area contributed by atoms with Gasteiger partial charge in [0.25, 0.3) is 0 Å². The average Bonchev–Trinajstić information content (AvgIpc) is 3.02. The van der Waals surface area contributed by atoms with Gasteiger partial charge in [0.15, 0.2) is 0 Å². The van der Waals surface area contributed by atoms with E-state index in [-0.39, 0.29) is 6.03 Å². The molecule has 0 radical (unpaired) electrons. The van der Waals surface area contributed by atoms with E-state index in [2.05, 4.69) is 15.0 Å². The number of piperidine rings is 1. The molecule has 25 heavy (non-hydrogen) atoms. The number of carbonyl (C=O) groups is 1. The molecule has 4 rings (SSSR count). The molecule has 2 aliphatic rings. The zero-order valence-corrected chi connectivity index (χ0v) is 15.5.